The van der Waals surface area contributed by atoms with Crippen LogP contribution in [-0.4, -0.2) is 0 Å². The van der Waals surface area contributed by atoms with E-state index in [4.69, 9.17) is 0 Å². The molecule has 0 saturated carbocycles. The van der Waals surface area contributed by atoms with Crippen LogP contribution >= 0.6 is 11.3 Å². The van der Waals surface area contributed by atoms with Crippen LogP contribution in [0.3, 0.4) is 0 Å². The molecule has 38 heavy (non-hydrogen) atoms. The number of nitrogens with one attached hydrogen (secondary N) is 1. The molecule has 0 aliphatic carbocycles. The second kappa shape index (κ2) is 9.66. The molecule has 0 unspecified atom stereocenters. The summed E-state index contributed by atoms with van der Waals surface area (Å²) in [7, 11) is 0. The van der Waals surface area contributed by atoms with Crippen molar-refractivity contribution in [3.05, 3.63) is 146 Å². The highest BCUT2D eigenvalue weighted by Gasteiger charge is 2.11. The van der Waals surface area contributed by atoms with Crippen molar-refractivity contribution in [2.24, 2.45) is 0 Å². The summed E-state index contributed by atoms with van der Waals surface area (Å²) in [5.74, 6) is 0. The van der Waals surface area contributed by atoms with Crippen molar-refractivity contribution in [3.8, 4) is 33.4 Å². The molecule has 1 N–H and O–H groups in total. The van der Waals surface area contributed by atoms with Crippen LogP contribution in [0, 0.1) is 0 Å². The molecule has 0 radical (unpaired) electrons. The summed E-state index contributed by atoms with van der Waals surface area (Å²) in [5, 5.41) is 6.25. The molecule has 0 aliphatic rings. The molecule has 7 aromatic rings. The van der Waals surface area contributed by atoms with Crippen molar-refractivity contribution in [3.63, 3.8) is 0 Å². The summed E-state index contributed by atoms with van der Waals surface area (Å²) >= 11 is 1.86. The van der Waals surface area contributed by atoms with Gasteiger partial charge in [-0.3, -0.25) is 0 Å². The van der Waals surface area contributed by atoms with Gasteiger partial charge in [-0.05, 0) is 69.8 Å². The van der Waals surface area contributed by atoms with Crippen LogP contribution in [0.4, 0.5) is 11.4 Å². The minimum absolute atomic E-state index is 1.07. The van der Waals surface area contributed by atoms with Gasteiger partial charge in [-0.1, -0.05) is 109 Å². The molecule has 2 heteroatoms. The first-order valence-corrected chi connectivity index (χ1v) is 13.7. The summed E-state index contributed by atoms with van der Waals surface area (Å²) in [6.45, 7) is 0. The molecular weight excluding hydrogens is 478 g/mol. The molecule has 7 rings (SSSR count). The van der Waals surface area contributed by atoms with Crippen LogP contribution < -0.4 is 5.32 Å². The smallest absolute Gasteiger partial charge is 0.0384 e. The van der Waals surface area contributed by atoms with E-state index in [-0.39, 0.29) is 0 Å². The van der Waals surface area contributed by atoms with Crippen LogP contribution in [0.25, 0.3) is 53.6 Å². The number of fused-ring (bicyclic) bond motifs is 3. The first-order valence-electron chi connectivity index (χ1n) is 12.9. The fourth-order valence-corrected chi connectivity index (χ4v) is 6.38. The van der Waals surface area contributed by atoms with Gasteiger partial charge in [0, 0.05) is 31.5 Å². The van der Waals surface area contributed by atoms with Crippen molar-refractivity contribution < 1.29 is 0 Å². The first-order chi connectivity index (χ1) is 18.8. The molecule has 0 atom stereocenters. The quantitative estimate of drug-likeness (QED) is 0.246. The van der Waals surface area contributed by atoms with Gasteiger partial charge in [0.15, 0.2) is 0 Å². The Morgan fingerprint density at radius 3 is 1.55 bits per heavy atom. The van der Waals surface area contributed by atoms with Crippen LogP contribution in [0.15, 0.2) is 146 Å². The van der Waals surface area contributed by atoms with Crippen LogP contribution in [0.1, 0.15) is 0 Å². The largest absolute Gasteiger partial charge is 0.356 e. The Bertz CT molecular complexity index is 1860. The predicted molar refractivity (Wildman–Crippen MR) is 165 cm³/mol. The highest BCUT2D eigenvalue weighted by molar-refractivity contribution is 7.25. The van der Waals surface area contributed by atoms with E-state index in [9.17, 15) is 0 Å². The molecular formula is C36H25NS. The van der Waals surface area contributed by atoms with Gasteiger partial charge in [0.05, 0.1) is 0 Å². The minimum atomic E-state index is 1.07. The van der Waals surface area contributed by atoms with E-state index in [1.807, 2.05) is 11.3 Å². The lowest BCUT2D eigenvalue weighted by molar-refractivity contribution is 1.53. The van der Waals surface area contributed by atoms with E-state index in [1.165, 1.54) is 53.6 Å². The molecule has 0 aliphatic heterocycles. The van der Waals surface area contributed by atoms with Gasteiger partial charge < -0.3 is 5.32 Å². The Hall–Kier alpha value is -4.66. The van der Waals surface area contributed by atoms with E-state index in [1.54, 1.807) is 0 Å². The monoisotopic (exact) mass is 503 g/mol. The second-order valence-corrected chi connectivity index (χ2v) is 10.6. The van der Waals surface area contributed by atoms with Crippen molar-refractivity contribution in [1.29, 1.82) is 0 Å². The highest BCUT2D eigenvalue weighted by atomic mass is 32.1. The summed E-state index contributed by atoms with van der Waals surface area (Å²) < 4.78 is 2.67. The number of hydrogen-bond donors (Lipinski definition) is 1. The van der Waals surface area contributed by atoms with Crippen molar-refractivity contribution in [1.82, 2.24) is 0 Å². The third-order valence-electron chi connectivity index (χ3n) is 7.09. The zero-order valence-corrected chi connectivity index (χ0v) is 21.6. The van der Waals surface area contributed by atoms with Crippen LogP contribution in [0.5, 0.6) is 0 Å². The summed E-state index contributed by atoms with van der Waals surface area (Å²) in [6.07, 6.45) is 0. The molecule has 1 nitrogen and oxygen atoms in total. The predicted octanol–water partition coefficient (Wildman–Crippen LogP) is 10.8. The molecule has 0 bridgehead atoms. The van der Waals surface area contributed by atoms with Crippen molar-refractivity contribution >= 4 is 42.9 Å². The summed E-state index contributed by atoms with van der Waals surface area (Å²) in [6, 6.07) is 51.9. The van der Waals surface area contributed by atoms with Crippen molar-refractivity contribution in [2.75, 3.05) is 5.32 Å². The maximum Gasteiger partial charge on any atom is 0.0384 e. The SMILES string of the molecule is c1ccc(-c2ccccc2-c2ccc(Nc3ccc(-c4cccc5sc6ccccc6c45)cc3)cc2)cc1. The fourth-order valence-electron chi connectivity index (χ4n) is 5.25. The lowest BCUT2D eigenvalue weighted by atomic mass is 9.94. The Morgan fingerprint density at radius 2 is 0.868 bits per heavy atom. The van der Waals surface area contributed by atoms with E-state index in [0.29, 0.717) is 0 Å². The van der Waals surface area contributed by atoms with Crippen molar-refractivity contribution in [2.45, 2.75) is 0 Å². The van der Waals surface area contributed by atoms with Gasteiger partial charge in [0.1, 0.15) is 0 Å². The van der Waals surface area contributed by atoms with E-state index >= 15 is 0 Å². The third-order valence-corrected chi connectivity index (χ3v) is 8.23. The Morgan fingerprint density at radius 1 is 0.368 bits per heavy atom. The van der Waals surface area contributed by atoms with E-state index in [0.717, 1.165) is 11.4 Å². The first kappa shape index (κ1) is 22.5. The van der Waals surface area contributed by atoms with Gasteiger partial charge in [-0.2, -0.15) is 0 Å². The third kappa shape index (κ3) is 4.15. The molecule has 180 valence electrons. The number of benzene rings is 6. The number of hydrogen-bond acceptors (Lipinski definition) is 2. The normalized spacial score (nSPS) is 11.2. The Balaban J connectivity index is 1.15. The zero-order chi connectivity index (χ0) is 25.3. The second-order valence-electron chi connectivity index (χ2n) is 9.47. The minimum Gasteiger partial charge on any atom is -0.356 e. The number of thiophene rings is 1. The van der Waals surface area contributed by atoms with Gasteiger partial charge in [-0.15, -0.1) is 11.3 Å². The molecule has 1 aromatic heterocycles. The lowest BCUT2D eigenvalue weighted by Crippen LogP contribution is -1.91. The highest BCUT2D eigenvalue weighted by Crippen LogP contribution is 2.40. The molecule has 0 fully saturated rings. The molecule has 0 spiro atoms. The zero-order valence-electron chi connectivity index (χ0n) is 20.8. The summed E-state index contributed by atoms with van der Waals surface area (Å²) in [5.41, 5.74) is 9.60. The topological polar surface area (TPSA) is 12.0 Å². The van der Waals surface area contributed by atoms with Crippen LogP contribution in [0.2, 0.25) is 0 Å². The van der Waals surface area contributed by atoms with Gasteiger partial charge in [-0.25, -0.2) is 0 Å². The average Bonchev–Trinajstić information content (AvgIpc) is 3.38. The van der Waals surface area contributed by atoms with E-state index < -0.39 is 0 Å². The molecule has 0 saturated heterocycles. The average molecular weight is 504 g/mol. The van der Waals surface area contributed by atoms with Gasteiger partial charge in [0.2, 0.25) is 0 Å². The molecule has 6 aromatic carbocycles. The lowest BCUT2D eigenvalue weighted by Gasteiger charge is -2.12. The maximum atomic E-state index is 3.57. The maximum absolute atomic E-state index is 3.57. The molecule has 0 amide bonds. The van der Waals surface area contributed by atoms with Crippen LogP contribution in [-0.2, 0) is 0 Å². The fraction of sp³-hybridized carbons (Fsp3) is 0. The Kier molecular flexibility index (Phi) is 5.73. The summed E-state index contributed by atoms with van der Waals surface area (Å²) in [4.78, 5) is 0. The van der Waals surface area contributed by atoms with Gasteiger partial charge >= 0.3 is 0 Å². The Labute approximate surface area is 226 Å². The standard InChI is InChI=1S/C36H25NS/c1-2-9-25(10-3-1)30-11-4-5-12-31(30)26-17-21-28(22-18-26)37-29-23-19-27(20-24-29)32-14-8-16-35-36(32)33-13-6-7-15-34(33)38-35/h1-24,37H. The van der Waals surface area contributed by atoms with E-state index in [2.05, 4.69) is 151 Å². The molecule has 1 heterocycles. The van der Waals surface area contributed by atoms with Gasteiger partial charge in [0.25, 0.3) is 0 Å². The number of rotatable bonds is 5. The number of anilines is 2.